The summed E-state index contributed by atoms with van der Waals surface area (Å²) in [5.41, 5.74) is 0.548. The van der Waals surface area contributed by atoms with Crippen molar-refractivity contribution in [2.75, 3.05) is 25.6 Å². The first-order valence-electron chi connectivity index (χ1n) is 4.69. The maximum Gasteiger partial charge on any atom is 0.137 e. The van der Waals surface area contributed by atoms with Crippen LogP contribution in [0.1, 0.15) is 5.56 Å². The molecule has 15 heavy (non-hydrogen) atoms. The van der Waals surface area contributed by atoms with Gasteiger partial charge in [-0.2, -0.15) is 17.9 Å². The first kappa shape index (κ1) is 11.9. The monoisotopic (exact) mass is 223 g/mol. The van der Waals surface area contributed by atoms with Crippen LogP contribution in [0.4, 0.5) is 0 Å². The molecule has 0 bridgehead atoms. The molecule has 1 aromatic carbocycles. The highest BCUT2D eigenvalue weighted by molar-refractivity contribution is 7.80. The summed E-state index contributed by atoms with van der Waals surface area (Å²) in [4.78, 5) is 0. The molecule has 0 saturated heterocycles. The summed E-state index contributed by atoms with van der Waals surface area (Å²) in [5.74, 6) is 1.31. The van der Waals surface area contributed by atoms with Crippen LogP contribution in [0.15, 0.2) is 24.3 Å². The predicted molar refractivity (Wildman–Crippen MR) is 61.3 cm³/mol. The zero-order valence-corrected chi connectivity index (χ0v) is 9.24. The van der Waals surface area contributed by atoms with Gasteiger partial charge in [0.05, 0.1) is 18.8 Å². The fourth-order valence-corrected chi connectivity index (χ4v) is 1.19. The van der Waals surface area contributed by atoms with E-state index in [1.165, 1.54) is 0 Å². The van der Waals surface area contributed by atoms with E-state index in [0.29, 0.717) is 36.9 Å². The van der Waals surface area contributed by atoms with E-state index in [1.807, 2.05) is 12.1 Å². The number of para-hydroxylation sites is 1. The Balaban J connectivity index is 2.34. The molecule has 1 rings (SSSR count). The van der Waals surface area contributed by atoms with Gasteiger partial charge >= 0.3 is 0 Å². The van der Waals surface area contributed by atoms with E-state index in [1.54, 1.807) is 12.1 Å². The smallest absolute Gasteiger partial charge is 0.137 e. The molecule has 1 aromatic rings. The number of nitrogens with zero attached hydrogens (tertiary/aromatic N) is 1. The lowest BCUT2D eigenvalue weighted by molar-refractivity contribution is 0.112. The van der Waals surface area contributed by atoms with Gasteiger partial charge in [-0.1, -0.05) is 12.1 Å². The molecule has 0 aromatic heterocycles. The molecule has 0 saturated carbocycles. The van der Waals surface area contributed by atoms with Crippen LogP contribution in [-0.2, 0) is 4.74 Å². The average Bonchev–Trinajstić information content (AvgIpc) is 2.29. The molecule has 0 aliphatic heterocycles. The maximum absolute atomic E-state index is 8.79. The molecule has 0 aliphatic carbocycles. The molecule has 80 valence electrons. The van der Waals surface area contributed by atoms with Crippen molar-refractivity contribution < 1.29 is 9.47 Å². The summed E-state index contributed by atoms with van der Waals surface area (Å²) in [7, 11) is 0. The minimum atomic E-state index is 0.451. The average molecular weight is 223 g/mol. The van der Waals surface area contributed by atoms with Gasteiger partial charge in [0.1, 0.15) is 18.4 Å². The Hall–Kier alpha value is -1.18. The lowest BCUT2D eigenvalue weighted by Crippen LogP contribution is -2.08. The van der Waals surface area contributed by atoms with Crippen molar-refractivity contribution in [3.63, 3.8) is 0 Å². The molecule has 0 fully saturated rings. The Morgan fingerprint density at radius 2 is 2.00 bits per heavy atom. The molecule has 0 unspecified atom stereocenters. The molecule has 0 heterocycles. The third-order valence-electron chi connectivity index (χ3n) is 1.73. The Morgan fingerprint density at radius 3 is 2.73 bits per heavy atom. The van der Waals surface area contributed by atoms with E-state index in [4.69, 9.17) is 14.7 Å². The van der Waals surface area contributed by atoms with Crippen LogP contribution < -0.4 is 4.74 Å². The van der Waals surface area contributed by atoms with Crippen molar-refractivity contribution in [2.45, 2.75) is 0 Å². The number of hydrogen-bond acceptors (Lipinski definition) is 4. The van der Waals surface area contributed by atoms with Crippen molar-refractivity contribution in [2.24, 2.45) is 0 Å². The van der Waals surface area contributed by atoms with Gasteiger partial charge in [-0.05, 0) is 12.1 Å². The molecule has 0 aliphatic rings. The van der Waals surface area contributed by atoms with Crippen molar-refractivity contribution in [3.05, 3.63) is 29.8 Å². The second-order valence-corrected chi connectivity index (χ2v) is 3.24. The van der Waals surface area contributed by atoms with Gasteiger partial charge in [-0.3, -0.25) is 0 Å². The van der Waals surface area contributed by atoms with Crippen molar-refractivity contribution in [1.29, 1.82) is 5.26 Å². The fraction of sp³-hybridized carbons (Fsp3) is 0.364. The van der Waals surface area contributed by atoms with Gasteiger partial charge in [0.2, 0.25) is 0 Å². The minimum absolute atomic E-state index is 0.451. The summed E-state index contributed by atoms with van der Waals surface area (Å²) in [5, 5.41) is 8.79. The number of benzene rings is 1. The summed E-state index contributed by atoms with van der Waals surface area (Å²) in [6.45, 7) is 1.58. The molecule has 0 atom stereocenters. The fourth-order valence-electron chi connectivity index (χ4n) is 1.06. The van der Waals surface area contributed by atoms with Crippen LogP contribution in [0.2, 0.25) is 0 Å². The van der Waals surface area contributed by atoms with Gasteiger partial charge in [0, 0.05) is 5.75 Å². The van der Waals surface area contributed by atoms with Gasteiger partial charge in [-0.15, -0.1) is 0 Å². The van der Waals surface area contributed by atoms with Crippen molar-refractivity contribution in [1.82, 2.24) is 0 Å². The number of rotatable bonds is 6. The molecular formula is C11H13NO2S. The highest BCUT2D eigenvalue weighted by Crippen LogP contribution is 2.15. The normalized spacial score (nSPS) is 9.60. The highest BCUT2D eigenvalue weighted by Gasteiger charge is 2.00. The van der Waals surface area contributed by atoms with Crippen LogP contribution in [0.3, 0.4) is 0 Å². The predicted octanol–water partition coefficient (Wildman–Crippen LogP) is 1.88. The van der Waals surface area contributed by atoms with Gasteiger partial charge < -0.3 is 9.47 Å². The Bertz CT molecular complexity index is 336. The van der Waals surface area contributed by atoms with Crippen LogP contribution in [0.5, 0.6) is 5.75 Å². The van der Waals surface area contributed by atoms with Gasteiger partial charge in [0.15, 0.2) is 0 Å². The molecule has 0 N–H and O–H groups in total. The van der Waals surface area contributed by atoms with Crippen LogP contribution >= 0.6 is 12.6 Å². The number of hydrogen-bond donors (Lipinski definition) is 1. The van der Waals surface area contributed by atoms with Crippen LogP contribution in [-0.4, -0.2) is 25.6 Å². The molecule has 3 nitrogen and oxygen atoms in total. The Labute approximate surface area is 95.0 Å². The van der Waals surface area contributed by atoms with E-state index in [0.717, 1.165) is 0 Å². The van der Waals surface area contributed by atoms with Crippen molar-refractivity contribution >= 4 is 12.6 Å². The SMILES string of the molecule is N#Cc1ccccc1OCCOCCS. The second-order valence-electron chi connectivity index (χ2n) is 2.79. The third kappa shape index (κ3) is 4.24. The maximum atomic E-state index is 8.79. The van der Waals surface area contributed by atoms with Crippen LogP contribution in [0, 0.1) is 11.3 Å². The Kier molecular flexibility index (Phi) is 5.67. The van der Waals surface area contributed by atoms with E-state index in [9.17, 15) is 0 Å². The largest absolute Gasteiger partial charge is 0.490 e. The van der Waals surface area contributed by atoms with E-state index < -0.39 is 0 Å². The van der Waals surface area contributed by atoms with Crippen molar-refractivity contribution in [3.8, 4) is 11.8 Å². The van der Waals surface area contributed by atoms with Gasteiger partial charge in [-0.25, -0.2) is 0 Å². The summed E-state index contributed by atoms with van der Waals surface area (Å²) < 4.78 is 10.6. The lowest BCUT2D eigenvalue weighted by atomic mass is 10.2. The zero-order valence-electron chi connectivity index (χ0n) is 8.35. The third-order valence-corrected chi connectivity index (χ3v) is 1.91. The molecule has 0 radical (unpaired) electrons. The standard InChI is InChI=1S/C11H13NO2S/c12-9-10-3-1-2-4-11(10)14-6-5-13-7-8-15/h1-4,15H,5-8H2. The first-order chi connectivity index (χ1) is 7.38. The minimum Gasteiger partial charge on any atom is -0.490 e. The summed E-state index contributed by atoms with van der Waals surface area (Å²) in [6, 6.07) is 9.22. The van der Waals surface area contributed by atoms with Gasteiger partial charge in [0.25, 0.3) is 0 Å². The molecule has 4 heteroatoms. The number of ether oxygens (including phenoxy) is 2. The number of thiol groups is 1. The quantitative estimate of drug-likeness (QED) is 0.591. The van der Waals surface area contributed by atoms with E-state index in [-0.39, 0.29) is 0 Å². The molecular weight excluding hydrogens is 210 g/mol. The second kappa shape index (κ2) is 7.16. The molecule has 0 amide bonds. The summed E-state index contributed by atoms with van der Waals surface area (Å²) >= 11 is 4.02. The van der Waals surface area contributed by atoms with E-state index in [2.05, 4.69) is 18.7 Å². The number of nitriles is 1. The summed E-state index contributed by atoms with van der Waals surface area (Å²) in [6.07, 6.45) is 0. The van der Waals surface area contributed by atoms with Crippen LogP contribution in [0.25, 0.3) is 0 Å². The first-order valence-corrected chi connectivity index (χ1v) is 5.32. The molecule has 0 spiro atoms. The lowest BCUT2D eigenvalue weighted by Gasteiger charge is -2.07. The highest BCUT2D eigenvalue weighted by atomic mass is 32.1. The topological polar surface area (TPSA) is 42.2 Å². The zero-order chi connectivity index (χ0) is 10.9. The van der Waals surface area contributed by atoms with E-state index >= 15 is 0 Å². The Morgan fingerprint density at radius 1 is 1.20 bits per heavy atom.